The van der Waals surface area contributed by atoms with Gasteiger partial charge in [0.25, 0.3) is 5.91 Å². The number of hydrogen-bond acceptors (Lipinski definition) is 7. The molecule has 9 nitrogen and oxygen atoms in total. The van der Waals surface area contributed by atoms with E-state index in [4.69, 9.17) is 14.2 Å². The van der Waals surface area contributed by atoms with Gasteiger partial charge >= 0.3 is 5.97 Å². The Hall–Kier alpha value is -2.17. The van der Waals surface area contributed by atoms with E-state index in [1.165, 1.54) is 29.6 Å². The quantitative estimate of drug-likeness (QED) is 0.494. The molecule has 32 heavy (non-hydrogen) atoms. The number of nitrogens with zero attached hydrogens (tertiary/aromatic N) is 1. The molecule has 0 radical (unpaired) electrons. The highest BCUT2D eigenvalue weighted by Crippen LogP contribution is 2.25. The van der Waals surface area contributed by atoms with E-state index in [0.717, 1.165) is 19.3 Å². The van der Waals surface area contributed by atoms with Crippen molar-refractivity contribution in [2.75, 3.05) is 40.0 Å². The summed E-state index contributed by atoms with van der Waals surface area (Å²) in [6.45, 7) is 6.86. The molecule has 1 atom stereocenters. The first-order valence-corrected chi connectivity index (χ1v) is 12.3. The average molecular weight is 471 g/mol. The van der Waals surface area contributed by atoms with Gasteiger partial charge in [0, 0.05) is 19.1 Å². The molecule has 0 bridgehead atoms. The van der Waals surface area contributed by atoms with Crippen LogP contribution in [0.25, 0.3) is 0 Å². The van der Waals surface area contributed by atoms with E-state index in [0.29, 0.717) is 19.1 Å². The number of ether oxygens (including phenoxy) is 3. The summed E-state index contributed by atoms with van der Waals surface area (Å²) in [4.78, 5) is 24.7. The molecule has 1 unspecified atom stereocenters. The smallest absolute Gasteiger partial charge is 0.342 e. The van der Waals surface area contributed by atoms with Crippen LogP contribution in [0.5, 0.6) is 5.75 Å². The van der Waals surface area contributed by atoms with Crippen LogP contribution in [0.2, 0.25) is 0 Å². The lowest BCUT2D eigenvalue weighted by Crippen LogP contribution is -2.40. The largest absolute Gasteiger partial charge is 0.496 e. The van der Waals surface area contributed by atoms with Crippen molar-refractivity contribution < 1.29 is 32.2 Å². The summed E-state index contributed by atoms with van der Waals surface area (Å²) in [5.74, 6) is -0.468. The van der Waals surface area contributed by atoms with Gasteiger partial charge in [-0.25, -0.2) is 13.2 Å². The van der Waals surface area contributed by atoms with Crippen molar-refractivity contribution >= 4 is 21.9 Å². The topological polar surface area (TPSA) is 111 Å². The molecule has 1 aromatic carbocycles. The van der Waals surface area contributed by atoms with E-state index in [1.54, 1.807) is 0 Å². The Morgan fingerprint density at radius 3 is 2.47 bits per heavy atom. The number of carbonyl (C=O) groups is 2. The van der Waals surface area contributed by atoms with Crippen LogP contribution in [-0.4, -0.2) is 70.7 Å². The zero-order chi connectivity index (χ0) is 23.7. The zero-order valence-electron chi connectivity index (χ0n) is 19.3. The highest BCUT2D eigenvalue weighted by molar-refractivity contribution is 7.89. The van der Waals surface area contributed by atoms with E-state index in [1.807, 2.05) is 6.92 Å². The molecule has 0 aliphatic carbocycles. The van der Waals surface area contributed by atoms with Crippen LogP contribution in [0, 0.1) is 5.92 Å². The van der Waals surface area contributed by atoms with Crippen molar-refractivity contribution in [3.05, 3.63) is 23.8 Å². The fourth-order valence-electron chi connectivity index (χ4n) is 3.37. The number of nitrogens with one attached hydrogen (secondary N) is 1. The van der Waals surface area contributed by atoms with Gasteiger partial charge in [-0.3, -0.25) is 4.79 Å². The Morgan fingerprint density at radius 2 is 1.84 bits per heavy atom. The van der Waals surface area contributed by atoms with Crippen molar-refractivity contribution in [3.8, 4) is 5.75 Å². The molecule has 10 heteroatoms. The van der Waals surface area contributed by atoms with Gasteiger partial charge in [-0.05, 0) is 37.5 Å². The molecule has 1 fully saturated rings. The third kappa shape index (κ3) is 7.46. The van der Waals surface area contributed by atoms with Gasteiger partial charge in [-0.2, -0.15) is 4.31 Å². The molecular weight excluding hydrogens is 436 g/mol. The SMILES string of the molecule is COc1ccc(S(=O)(=O)N2CCOCC2)cc1C(=O)OCC(=O)NC(C)CCCC(C)C. The Morgan fingerprint density at radius 1 is 1.16 bits per heavy atom. The summed E-state index contributed by atoms with van der Waals surface area (Å²) in [6, 6.07) is 3.97. The minimum Gasteiger partial charge on any atom is -0.496 e. The normalized spacial score (nSPS) is 15.9. The number of esters is 1. The summed E-state index contributed by atoms with van der Waals surface area (Å²) < 4.78 is 42.6. The second kappa shape index (κ2) is 12.2. The molecule has 2 rings (SSSR count). The highest BCUT2D eigenvalue weighted by atomic mass is 32.2. The number of benzene rings is 1. The van der Waals surface area contributed by atoms with Gasteiger partial charge in [0.15, 0.2) is 6.61 Å². The average Bonchev–Trinajstić information content (AvgIpc) is 2.77. The Bertz CT molecular complexity index is 880. The van der Waals surface area contributed by atoms with Gasteiger partial charge in [-0.1, -0.05) is 26.7 Å². The van der Waals surface area contributed by atoms with Crippen molar-refractivity contribution in [1.29, 1.82) is 0 Å². The summed E-state index contributed by atoms with van der Waals surface area (Å²) in [5, 5.41) is 2.81. The third-order valence-electron chi connectivity index (χ3n) is 5.16. The van der Waals surface area contributed by atoms with Crippen LogP contribution in [0.1, 0.15) is 50.4 Å². The Labute approximate surface area is 190 Å². The van der Waals surface area contributed by atoms with Crippen molar-refractivity contribution in [2.24, 2.45) is 5.92 Å². The molecule has 1 aliphatic rings. The molecule has 0 spiro atoms. The number of amides is 1. The third-order valence-corrected chi connectivity index (χ3v) is 7.05. The number of hydrogen-bond donors (Lipinski definition) is 1. The predicted molar refractivity (Wildman–Crippen MR) is 119 cm³/mol. The molecular formula is C22H34N2O7S. The molecule has 1 N–H and O–H groups in total. The maximum absolute atomic E-state index is 12.9. The second-order valence-corrected chi connectivity index (χ2v) is 10.2. The van der Waals surface area contributed by atoms with Gasteiger partial charge in [-0.15, -0.1) is 0 Å². The van der Waals surface area contributed by atoms with E-state index in [-0.39, 0.29) is 35.3 Å². The van der Waals surface area contributed by atoms with E-state index < -0.39 is 28.5 Å². The van der Waals surface area contributed by atoms with Gasteiger partial charge < -0.3 is 19.5 Å². The molecule has 0 saturated carbocycles. The number of methoxy groups -OCH3 is 1. The number of rotatable bonds is 11. The van der Waals surface area contributed by atoms with Crippen LogP contribution in [0.3, 0.4) is 0 Å². The van der Waals surface area contributed by atoms with E-state index in [9.17, 15) is 18.0 Å². The predicted octanol–water partition coefficient (Wildman–Crippen LogP) is 2.20. The van der Waals surface area contributed by atoms with Gasteiger partial charge in [0.2, 0.25) is 10.0 Å². The Kier molecular flexibility index (Phi) is 9.92. The van der Waals surface area contributed by atoms with E-state index in [2.05, 4.69) is 19.2 Å². The van der Waals surface area contributed by atoms with Crippen molar-refractivity contribution in [1.82, 2.24) is 9.62 Å². The van der Waals surface area contributed by atoms with Crippen molar-refractivity contribution in [3.63, 3.8) is 0 Å². The molecule has 1 heterocycles. The first-order valence-electron chi connectivity index (χ1n) is 10.9. The lowest BCUT2D eigenvalue weighted by Gasteiger charge is -2.26. The number of sulfonamides is 1. The zero-order valence-corrected chi connectivity index (χ0v) is 20.1. The lowest BCUT2D eigenvalue weighted by atomic mass is 10.0. The first-order chi connectivity index (χ1) is 15.1. The molecule has 1 aromatic rings. The summed E-state index contributed by atoms with van der Waals surface area (Å²) in [5.41, 5.74) is -0.0559. The van der Waals surface area contributed by atoms with Crippen LogP contribution in [0.15, 0.2) is 23.1 Å². The minimum atomic E-state index is -3.79. The van der Waals surface area contributed by atoms with Crippen LogP contribution >= 0.6 is 0 Å². The van der Waals surface area contributed by atoms with Gasteiger partial charge in [0.1, 0.15) is 11.3 Å². The number of morpholine rings is 1. The second-order valence-electron chi connectivity index (χ2n) is 8.25. The Balaban J connectivity index is 2.01. The first kappa shape index (κ1) is 26.1. The summed E-state index contributed by atoms with van der Waals surface area (Å²) in [6.07, 6.45) is 2.92. The standard InChI is InChI=1S/C22H34N2O7S/c1-16(2)6-5-7-17(3)23-21(25)15-31-22(26)19-14-18(8-9-20(19)29-4)32(27,28)24-10-12-30-13-11-24/h8-9,14,16-17H,5-7,10-13,15H2,1-4H3,(H,23,25). The highest BCUT2D eigenvalue weighted by Gasteiger charge is 2.28. The number of carbonyl (C=O) groups excluding carboxylic acids is 2. The molecule has 180 valence electrons. The van der Waals surface area contributed by atoms with E-state index >= 15 is 0 Å². The molecule has 1 aliphatic heterocycles. The lowest BCUT2D eigenvalue weighted by molar-refractivity contribution is -0.124. The van der Waals surface area contributed by atoms with Crippen molar-refractivity contribution in [2.45, 2.75) is 51.0 Å². The molecule has 0 aromatic heterocycles. The van der Waals surface area contributed by atoms with Crippen LogP contribution in [-0.2, 0) is 24.3 Å². The minimum absolute atomic E-state index is 0.0310. The summed E-state index contributed by atoms with van der Waals surface area (Å²) in [7, 11) is -2.43. The molecule has 1 saturated heterocycles. The maximum atomic E-state index is 12.9. The summed E-state index contributed by atoms with van der Waals surface area (Å²) >= 11 is 0. The van der Waals surface area contributed by atoms with Crippen LogP contribution < -0.4 is 10.1 Å². The van der Waals surface area contributed by atoms with Gasteiger partial charge in [0.05, 0.1) is 25.2 Å². The molecule has 1 amide bonds. The van der Waals surface area contributed by atoms with Crippen LogP contribution in [0.4, 0.5) is 0 Å². The fraction of sp³-hybridized carbons (Fsp3) is 0.636. The monoisotopic (exact) mass is 470 g/mol. The maximum Gasteiger partial charge on any atom is 0.342 e. The fourth-order valence-corrected chi connectivity index (χ4v) is 4.81.